The SMILES string of the molecule is CC(C)(CCCC(C)(C(=O)O)c1cccc(Br)c1F)CS(=O)(=O)CCO. The lowest BCUT2D eigenvalue weighted by Crippen LogP contribution is -2.34. The molecule has 0 aliphatic rings. The summed E-state index contributed by atoms with van der Waals surface area (Å²) in [6.07, 6.45) is 1.08. The van der Waals surface area contributed by atoms with Gasteiger partial charge >= 0.3 is 5.97 Å². The van der Waals surface area contributed by atoms with Crippen molar-refractivity contribution in [2.45, 2.75) is 45.4 Å². The molecule has 0 spiro atoms. The van der Waals surface area contributed by atoms with E-state index >= 15 is 0 Å². The first-order valence-corrected chi connectivity index (χ1v) is 11.0. The van der Waals surface area contributed by atoms with Crippen LogP contribution in [0.5, 0.6) is 0 Å². The Balaban J connectivity index is 2.90. The fourth-order valence-corrected chi connectivity index (χ4v) is 5.21. The van der Waals surface area contributed by atoms with Gasteiger partial charge in [0, 0.05) is 5.56 Å². The first kappa shape index (κ1) is 23.0. The lowest BCUT2D eigenvalue weighted by molar-refractivity contribution is -0.143. The van der Waals surface area contributed by atoms with Crippen LogP contribution in [-0.4, -0.2) is 42.7 Å². The highest BCUT2D eigenvalue weighted by atomic mass is 79.9. The second-order valence-corrected chi connectivity index (χ2v) is 10.6. The Labute approximate surface area is 162 Å². The van der Waals surface area contributed by atoms with E-state index < -0.39 is 39.1 Å². The number of carboxylic acid groups (broad SMARTS) is 1. The van der Waals surface area contributed by atoms with Crippen LogP contribution in [0.1, 0.15) is 45.6 Å². The maximum Gasteiger partial charge on any atom is 0.313 e. The molecule has 0 radical (unpaired) electrons. The first-order valence-electron chi connectivity index (χ1n) is 8.34. The molecule has 148 valence electrons. The van der Waals surface area contributed by atoms with Crippen molar-refractivity contribution in [3.63, 3.8) is 0 Å². The number of carboxylic acids is 1. The molecule has 2 N–H and O–H groups in total. The molecule has 0 aliphatic heterocycles. The van der Waals surface area contributed by atoms with Gasteiger partial charge < -0.3 is 10.2 Å². The average molecular weight is 453 g/mol. The quantitative estimate of drug-likeness (QED) is 0.566. The number of benzene rings is 1. The van der Waals surface area contributed by atoms with Crippen molar-refractivity contribution >= 4 is 31.7 Å². The summed E-state index contributed by atoms with van der Waals surface area (Å²) >= 11 is 3.08. The van der Waals surface area contributed by atoms with E-state index in [1.165, 1.54) is 19.1 Å². The van der Waals surface area contributed by atoms with Crippen LogP contribution < -0.4 is 0 Å². The van der Waals surface area contributed by atoms with Crippen molar-refractivity contribution < 1.29 is 27.8 Å². The minimum Gasteiger partial charge on any atom is -0.481 e. The van der Waals surface area contributed by atoms with Gasteiger partial charge in [0.15, 0.2) is 9.84 Å². The summed E-state index contributed by atoms with van der Waals surface area (Å²) in [4.78, 5) is 11.8. The zero-order valence-corrected chi connectivity index (χ0v) is 17.7. The van der Waals surface area contributed by atoms with Gasteiger partial charge in [0.25, 0.3) is 0 Å². The van der Waals surface area contributed by atoms with Crippen molar-refractivity contribution in [2.75, 3.05) is 18.1 Å². The summed E-state index contributed by atoms with van der Waals surface area (Å²) < 4.78 is 38.4. The number of halogens is 2. The van der Waals surface area contributed by atoms with Crippen LogP contribution in [0.4, 0.5) is 4.39 Å². The zero-order valence-electron chi connectivity index (χ0n) is 15.3. The number of hydrogen-bond acceptors (Lipinski definition) is 4. The predicted octanol–water partition coefficient (Wildman–Crippen LogP) is 3.53. The lowest BCUT2D eigenvalue weighted by Gasteiger charge is -2.29. The van der Waals surface area contributed by atoms with E-state index in [1.54, 1.807) is 19.9 Å². The number of aliphatic carboxylic acids is 1. The Bertz CT molecular complexity index is 748. The van der Waals surface area contributed by atoms with E-state index in [2.05, 4.69) is 15.9 Å². The number of sulfone groups is 1. The third-order valence-corrected chi connectivity index (χ3v) is 7.20. The molecule has 1 aromatic rings. The molecule has 5 nitrogen and oxygen atoms in total. The number of hydrogen-bond donors (Lipinski definition) is 2. The summed E-state index contributed by atoms with van der Waals surface area (Å²) in [7, 11) is -3.37. The molecule has 1 rings (SSSR count). The predicted molar refractivity (Wildman–Crippen MR) is 102 cm³/mol. The van der Waals surface area contributed by atoms with Crippen molar-refractivity contribution in [3.05, 3.63) is 34.1 Å². The molecule has 0 fully saturated rings. The van der Waals surface area contributed by atoms with Crippen molar-refractivity contribution in [1.82, 2.24) is 0 Å². The molecule has 0 amide bonds. The van der Waals surface area contributed by atoms with Gasteiger partial charge in [-0.3, -0.25) is 4.79 Å². The van der Waals surface area contributed by atoms with Crippen LogP contribution >= 0.6 is 15.9 Å². The number of carbonyl (C=O) groups is 1. The average Bonchev–Trinajstić information content (AvgIpc) is 2.48. The second kappa shape index (κ2) is 8.80. The molecule has 0 aliphatic carbocycles. The minimum absolute atomic E-state index is 0.0877. The Morgan fingerprint density at radius 1 is 1.23 bits per heavy atom. The molecule has 0 aromatic heterocycles. The lowest BCUT2D eigenvalue weighted by atomic mass is 9.76. The minimum atomic E-state index is -3.37. The number of aliphatic hydroxyl groups excluding tert-OH is 1. The fraction of sp³-hybridized carbons (Fsp3) is 0.611. The molecular formula is C18H26BrFO5S. The normalized spacial score (nSPS) is 14.8. The maximum atomic E-state index is 14.4. The number of rotatable bonds is 10. The van der Waals surface area contributed by atoms with Gasteiger partial charge in [0.2, 0.25) is 0 Å². The van der Waals surface area contributed by atoms with Gasteiger partial charge in [-0.1, -0.05) is 32.4 Å². The van der Waals surface area contributed by atoms with Gasteiger partial charge in [0.1, 0.15) is 5.82 Å². The van der Waals surface area contributed by atoms with Gasteiger partial charge in [-0.15, -0.1) is 0 Å². The Kier molecular flexibility index (Phi) is 7.80. The van der Waals surface area contributed by atoms with E-state index in [0.29, 0.717) is 12.8 Å². The summed E-state index contributed by atoms with van der Waals surface area (Å²) in [5.41, 5.74) is -1.87. The smallest absolute Gasteiger partial charge is 0.313 e. The van der Waals surface area contributed by atoms with Crippen molar-refractivity contribution in [1.29, 1.82) is 0 Å². The highest BCUT2D eigenvalue weighted by Gasteiger charge is 2.38. The zero-order chi connectivity index (χ0) is 20.2. The van der Waals surface area contributed by atoms with Gasteiger partial charge in [0.05, 0.1) is 28.0 Å². The molecule has 1 unspecified atom stereocenters. The van der Waals surface area contributed by atoms with E-state index in [4.69, 9.17) is 5.11 Å². The molecule has 8 heteroatoms. The number of aliphatic hydroxyl groups is 1. The standard InChI is InChI=1S/C18H26BrFO5S/c1-17(2,12-26(24,25)11-10-21)8-5-9-18(3,16(22)23)13-6-4-7-14(19)15(13)20/h4,6-7,21H,5,8-12H2,1-3H3,(H,22,23). The third kappa shape index (κ3) is 6.03. The molecule has 0 bridgehead atoms. The Morgan fingerprint density at radius 2 is 1.85 bits per heavy atom. The summed E-state index contributed by atoms with van der Waals surface area (Å²) in [6.45, 7) is 4.65. The van der Waals surface area contributed by atoms with E-state index in [0.717, 1.165) is 0 Å². The molecule has 0 heterocycles. The highest BCUT2D eigenvalue weighted by Crippen LogP contribution is 2.36. The van der Waals surface area contributed by atoms with Crippen LogP contribution in [0.25, 0.3) is 0 Å². The van der Waals surface area contributed by atoms with Gasteiger partial charge in [-0.25, -0.2) is 12.8 Å². The Hall–Kier alpha value is -0.990. The first-order chi connectivity index (χ1) is 11.8. The third-order valence-electron chi connectivity index (χ3n) is 4.56. The van der Waals surface area contributed by atoms with Gasteiger partial charge in [-0.05, 0) is 47.2 Å². The van der Waals surface area contributed by atoms with E-state index in [-0.39, 0.29) is 28.0 Å². The molecule has 1 aromatic carbocycles. The van der Waals surface area contributed by atoms with E-state index in [1.807, 2.05) is 0 Å². The highest BCUT2D eigenvalue weighted by molar-refractivity contribution is 9.10. The van der Waals surface area contributed by atoms with Crippen molar-refractivity contribution in [2.24, 2.45) is 5.41 Å². The summed E-state index contributed by atoms with van der Waals surface area (Å²) in [5.74, 6) is -2.09. The summed E-state index contributed by atoms with van der Waals surface area (Å²) in [5, 5.41) is 18.5. The second-order valence-electron chi connectivity index (χ2n) is 7.57. The molecule has 1 atom stereocenters. The molecule has 26 heavy (non-hydrogen) atoms. The largest absolute Gasteiger partial charge is 0.481 e. The van der Waals surface area contributed by atoms with Crippen LogP contribution in [0.3, 0.4) is 0 Å². The Morgan fingerprint density at radius 3 is 2.38 bits per heavy atom. The molecular weight excluding hydrogens is 427 g/mol. The topological polar surface area (TPSA) is 91.7 Å². The van der Waals surface area contributed by atoms with Gasteiger partial charge in [-0.2, -0.15) is 0 Å². The van der Waals surface area contributed by atoms with Crippen LogP contribution in [0, 0.1) is 11.2 Å². The summed E-state index contributed by atoms with van der Waals surface area (Å²) in [6, 6.07) is 4.57. The molecule has 0 saturated carbocycles. The monoisotopic (exact) mass is 452 g/mol. The van der Waals surface area contributed by atoms with Crippen molar-refractivity contribution in [3.8, 4) is 0 Å². The maximum absolute atomic E-state index is 14.4. The van der Waals surface area contributed by atoms with Crippen LogP contribution in [-0.2, 0) is 20.0 Å². The fourth-order valence-electron chi connectivity index (χ4n) is 3.09. The molecule has 0 saturated heterocycles. The van der Waals surface area contributed by atoms with Crippen LogP contribution in [0.15, 0.2) is 22.7 Å². The van der Waals surface area contributed by atoms with E-state index in [9.17, 15) is 22.7 Å². The van der Waals surface area contributed by atoms with Crippen LogP contribution in [0.2, 0.25) is 0 Å².